The van der Waals surface area contributed by atoms with Gasteiger partial charge in [0.05, 0.1) is 22.1 Å². The summed E-state index contributed by atoms with van der Waals surface area (Å²) in [7, 11) is 0. The fraction of sp³-hybridized carbons (Fsp3) is 0.138. The highest BCUT2D eigenvalue weighted by Gasteiger charge is 2.37. The van der Waals surface area contributed by atoms with Crippen LogP contribution >= 0.6 is 0 Å². The van der Waals surface area contributed by atoms with Gasteiger partial charge in [0.15, 0.2) is 0 Å². The molecule has 9 aromatic carbocycles. The lowest BCUT2D eigenvalue weighted by molar-refractivity contribution is 0.332. The van der Waals surface area contributed by atoms with E-state index in [4.69, 9.17) is 0 Å². The van der Waals surface area contributed by atoms with E-state index in [0.717, 1.165) is 5.69 Å². The molecular formula is C58H46N2. The molecule has 0 saturated carbocycles. The molecule has 2 aromatic heterocycles. The van der Waals surface area contributed by atoms with Gasteiger partial charge in [0.1, 0.15) is 0 Å². The summed E-state index contributed by atoms with van der Waals surface area (Å²) in [6.45, 7) is 9.65. The highest BCUT2D eigenvalue weighted by atomic mass is 15.0. The van der Waals surface area contributed by atoms with Crippen molar-refractivity contribution in [1.82, 2.24) is 9.13 Å². The molecule has 1 aliphatic carbocycles. The minimum Gasteiger partial charge on any atom is -0.309 e. The summed E-state index contributed by atoms with van der Waals surface area (Å²) in [4.78, 5) is 0. The van der Waals surface area contributed by atoms with Crippen LogP contribution < -0.4 is 0 Å². The van der Waals surface area contributed by atoms with Crippen LogP contribution in [-0.4, -0.2) is 9.13 Å². The van der Waals surface area contributed by atoms with Crippen LogP contribution in [0, 0.1) is 0 Å². The van der Waals surface area contributed by atoms with E-state index in [9.17, 15) is 0 Å². The molecule has 60 heavy (non-hydrogen) atoms. The Bertz CT molecular complexity index is 3540. The van der Waals surface area contributed by atoms with Crippen LogP contribution in [0.4, 0.5) is 0 Å². The SMILES string of the molecule is CC1(C)CCC(C)(C)c2cc(-n3c4ccccc4c4cc(-c5ccc6c(c5)c5ccccc5n6-c5ccc(-c6cc7ccccc7c7ccccc67)cc5)ccc43)ccc21. The molecule has 288 valence electrons. The van der Waals surface area contributed by atoms with Gasteiger partial charge in [-0.25, -0.2) is 0 Å². The van der Waals surface area contributed by atoms with E-state index in [-0.39, 0.29) is 10.8 Å². The van der Waals surface area contributed by atoms with Gasteiger partial charge < -0.3 is 9.13 Å². The Morgan fingerprint density at radius 1 is 0.333 bits per heavy atom. The van der Waals surface area contributed by atoms with Gasteiger partial charge in [-0.15, -0.1) is 0 Å². The van der Waals surface area contributed by atoms with E-state index in [1.165, 1.54) is 117 Å². The first-order valence-electron chi connectivity index (χ1n) is 21.5. The van der Waals surface area contributed by atoms with Crippen molar-refractivity contribution in [3.63, 3.8) is 0 Å². The predicted octanol–water partition coefficient (Wildman–Crippen LogP) is 15.9. The van der Waals surface area contributed by atoms with Crippen molar-refractivity contribution in [2.24, 2.45) is 0 Å². The maximum Gasteiger partial charge on any atom is 0.0541 e. The fourth-order valence-corrected chi connectivity index (χ4v) is 10.7. The molecule has 1 aliphatic rings. The lowest BCUT2D eigenvalue weighted by Crippen LogP contribution is -2.33. The zero-order valence-corrected chi connectivity index (χ0v) is 34.6. The van der Waals surface area contributed by atoms with Crippen molar-refractivity contribution in [2.45, 2.75) is 51.4 Å². The minimum absolute atomic E-state index is 0.144. The second-order valence-electron chi connectivity index (χ2n) is 18.4. The Morgan fingerprint density at radius 2 is 0.800 bits per heavy atom. The van der Waals surface area contributed by atoms with Crippen molar-refractivity contribution >= 4 is 65.2 Å². The molecule has 11 aromatic rings. The van der Waals surface area contributed by atoms with E-state index in [1.807, 2.05) is 0 Å². The van der Waals surface area contributed by atoms with Crippen LogP contribution in [-0.2, 0) is 10.8 Å². The van der Waals surface area contributed by atoms with Gasteiger partial charge in [-0.3, -0.25) is 0 Å². The van der Waals surface area contributed by atoms with Gasteiger partial charge in [-0.1, -0.05) is 143 Å². The van der Waals surface area contributed by atoms with Gasteiger partial charge in [0.25, 0.3) is 0 Å². The van der Waals surface area contributed by atoms with Crippen molar-refractivity contribution in [3.05, 3.63) is 193 Å². The third-order valence-corrected chi connectivity index (χ3v) is 14.0. The average Bonchev–Trinajstić information content (AvgIpc) is 3.80. The molecule has 12 rings (SSSR count). The zero-order valence-electron chi connectivity index (χ0n) is 34.6. The molecule has 0 bridgehead atoms. The smallest absolute Gasteiger partial charge is 0.0541 e. The largest absolute Gasteiger partial charge is 0.309 e. The molecule has 0 atom stereocenters. The van der Waals surface area contributed by atoms with Crippen molar-refractivity contribution in [3.8, 4) is 33.6 Å². The molecule has 0 aliphatic heterocycles. The van der Waals surface area contributed by atoms with E-state index in [0.29, 0.717) is 0 Å². The highest BCUT2D eigenvalue weighted by molar-refractivity contribution is 6.15. The van der Waals surface area contributed by atoms with E-state index < -0.39 is 0 Å². The molecule has 0 radical (unpaired) electrons. The topological polar surface area (TPSA) is 9.86 Å². The first kappa shape index (κ1) is 35.1. The third kappa shape index (κ3) is 5.20. The maximum absolute atomic E-state index is 2.48. The number of nitrogens with zero attached hydrogens (tertiary/aromatic N) is 2. The standard InChI is InChI=1S/C58H46N2/c1-57(2)31-32-58(3,4)52-36-42(27-28-51(52)57)60-54-20-12-10-18-47(54)50-34-39(24-30-56(50)60)38-23-29-55-49(33-38)46-17-9-11-19-53(46)59(55)41-25-21-37(22-26-41)48-35-40-13-5-6-14-43(40)44-15-7-8-16-45(44)48/h5-30,33-36H,31-32H2,1-4H3. The molecule has 0 fully saturated rings. The van der Waals surface area contributed by atoms with E-state index in [1.54, 1.807) is 0 Å². The van der Waals surface area contributed by atoms with Gasteiger partial charge in [0, 0.05) is 32.9 Å². The van der Waals surface area contributed by atoms with Gasteiger partial charge >= 0.3 is 0 Å². The second-order valence-corrected chi connectivity index (χ2v) is 18.4. The summed E-state index contributed by atoms with van der Waals surface area (Å²) in [5.41, 5.74) is 15.6. The monoisotopic (exact) mass is 770 g/mol. The quantitative estimate of drug-likeness (QED) is 0.158. The van der Waals surface area contributed by atoms with Crippen molar-refractivity contribution in [2.75, 3.05) is 0 Å². The van der Waals surface area contributed by atoms with Crippen LogP contribution in [0.25, 0.3) is 98.8 Å². The molecule has 0 N–H and O–H groups in total. The Kier molecular flexibility index (Phi) is 7.48. The average molecular weight is 771 g/mol. The number of benzene rings is 9. The fourth-order valence-electron chi connectivity index (χ4n) is 10.7. The number of aromatic nitrogens is 2. The van der Waals surface area contributed by atoms with E-state index in [2.05, 4.69) is 219 Å². The summed E-state index contributed by atoms with van der Waals surface area (Å²) < 4.78 is 4.91. The third-order valence-electron chi connectivity index (χ3n) is 14.0. The van der Waals surface area contributed by atoms with Crippen LogP contribution in [0.2, 0.25) is 0 Å². The molecule has 0 amide bonds. The van der Waals surface area contributed by atoms with Crippen LogP contribution in [0.3, 0.4) is 0 Å². The normalized spacial score (nSPS) is 14.8. The van der Waals surface area contributed by atoms with E-state index >= 15 is 0 Å². The Hall–Kier alpha value is -6.90. The summed E-state index contributed by atoms with van der Waals surface area (Å²) in [5, 5.41) is 10.2. The van der Waals surface area contributed by atoms with Gasteiger partial charge in [0.2, 0.25) is 0 Å². The van der Waals surface area contributed by atoms with Crippen molar-refractivity contribution < 1.29 is 0 Å². The summed E-state index contributed by atoms with van der Waals surface area (Å²) in [6, 6.07) is 68.1. The first-order chi connectivity index (χ1) is 29.2. The summed E-state index contributed by atoms with van der Waals surface area (Å²) in [5.74, 6) is 0. The molecule has 0 saturated heterocycles. The molecule has 2 heteroatoms. The molecule has 2 nitrogen and oxygen atoms in total. The first-order valence-corrected chi connectivity index (χ1v) is 21.5. The van der Waals surface area contributed by atoms with Gasteiger partial charge in [-0.05, 0) is 145 Å². The Morgan fingerprint density at radius 3 is 1.43 bits per heavy atom. The molecular weight excluding hydrogens is 725 g/mol. The van der Waals surface area contributed by atoms with Crippen molar-refractivity contribution in [1.29, 1.82) is 0 Å². The number of hydrogen-bond acceptors (Lipinski definition) is 0. The Labute approximate surface area is 351 Å². The number of hydrogen-bond donors (Lipinski definition) is 0. The lowest BCUT2D eigenvalue weighted by Gasteiger charge is -2.42. The second kappa shape index (κ2) is 12.8. The number of rotatable bonds is 4. The number of fused-ring (bicyclic) bond motifs is 10. The molecule has 0 spiro atoms. The lowest BCUT2D eigenvalue weighted by atomic mass is 9.63. The highest BCUT2D eigenvalue weighted by Crippen LogP contribution is 2.47. The minimum atomic E-state index is 0.144. The summed E-state index contributed by atoms with van der Waals surface area (Å²) in [6.07, 6.45) is 2.42. The maximum atomic E-state index is 2.48. The molecule has 2 heterocycles. The van der Waals surface area contributed by atoms with Crippen LogP contribution in [0.15, 0.2) is 182 Å². The van der Waals surface area contributed by atoms with Gasteiger partial charge in [-0.2, -0.15) is 0 Å². The zero-order chi connectivity index (χ0) is 40.3. The molecule has 0 unspecified atom stereocenters. The van der Waals surface area contributed by atoms with Crippen LogP contribution in [0.1, 0.15) is 51.7 Å². The number of para-hydroxylation sites is 2. The summed E-state index contributed by atoms with van der Waals surface area (Å²) >= 11 is 0. The van der Waals surface area contributed by atoms with Crippen LogP contribution in [0.5, 0.6) is 0 Å². The Balaban J connectivity index is 0.966. The predicted molar refractivity (Wildman–Crippen MR) is 256 cm³/mol.